The molecular formula is C13H18N2O2. The van der Waals surface area contributed by atoms with E-state index in [4.69, 9.17) is 4.74 Å². The Morgan fingerprint density at radius 3 is 3.00 bits per heavy atom. The first-order chi connectivity index (χ1) is 8.11. The van der Waals surface area contributed by atoms with Gasteiger partial charge in [-0.15, -0.1) is 0 Å². The summed E-state index contributed by atoms with van der Waals surface area (Å²) in [5.41, 5.74) is 2.72. The molecule has 1 aliphatic heterocycles. The summed E-state index contributed by atoms with van der Waals surface area (Å²) in [5, 5.41) is 3.40. The number of hydrogen-bond acceptors (Lipinski definition) is 4. The number of benzene rings is 1. The number of nitrogens with one attached hydrogen (secondary N) is 1. The predicted molar refractivity (Wildman–Crippen MR) is 68.7 cm³/mol. The van der Waals surface area contributed by atoms with E-state index in [0.29, 0.717) is 11.5 Å². The van der Waals surface area contributed by atoms with Crippen molar-refractivity contribution in [1.82, 2.24) is 0 Å². The molecule has 1 unspecified atom stereocenters. The van der Waals surface area contributed by atoms with Crippen LogP contribution in [0.4, 0.5) is 11.4 Å². The van der Waals surface area contributed by atoms with E-state index in [2.05, 4.69) is 17.1 Å². The minimum Gasteiger partial charge on any atom is -0.465 e. The van der Waals surface area contributed by atoms with Crippen LogP contribution in [-0.2, 0) is 4.74 Å². The third-order valence-electron chi connectivity index (χ3n) is 3.06. The molecule has 17 heavy (non-hydrogen) atoms. The Kier molecular flexibility index (Phi) is 3.22. The highest BCUT2D eigenvalue weighted by Gasteiger charge is 2.18. The largest absolute Gasteiger partial charge is 0.465 e. The Hall–Kier alpha value is -1.71. The van der Waals surface area contributed by atoms with E-state index in [1.165, 1.54) is 7.11 Å². The standard InChI is InChI=1S/C13H18N2O2/c1-9-7-14-11-5-4-10(13(16)17-3)6-12(11)15(2)8-9/h4-6,9,14H,7-8H2,1-3H3. The number of anilines is 2. The van der Waals surface area contributed by atoms with E-state index in [1.54, 1.807) is 6.07 Å². The summed E-state index contributed by atoms with van der Waals surface area (Å²) in [6, 6.07) is 5.61. The van der Waals surface area contributed by atoms with Gasteiger partial charge in [-0.05, 0) is 24.1 Å². The Morgan fingerprint density at radius 1 is 1.53 bits per heavy atom. The summed E-state index contributed by atoms with van der Waals surface area (Å²) >= 11 is 0. The van der Waals surface area contributed by atoms with Crippen LogP contribution in [0.15, 0.2) is 18.2 Å². The second-order valence-corrected chi connectivity index (χ2v) is 4.59. The number of methoxy groups -OCH3 is 1. The van der Waals surface area contributed by atoms with Crippen molar-refractivity contribution in [2.75, 3.05) is 37.5 Å². The number of nitrogens with zero attached hydrogens (tertiary/aromatic N) is 1. The van der Waals surface area contributed by atoms with E-state index in [-0.39, 0.29) is 5.97 Å². The molecule has 1 aromatic carbocycles. The van der Waals surface area contributed by atoms with Gasteiger partial charge in [0.1, 0.15) is 0 Å². The molecule has 0 aromatic heterocycles. The molecule has 92 valence electrons. The van der Waals surface area contributed by atoms with Gasteiger partial charge >= 0.3 is 5.97 Å². The van der Waals surface area contributed by atoms with E-state index < -0.39 is 0 Å². The predicted octanol–water partition coefficient (Wildman–Crippen LogP) is 1.97. The van der Waals surface area contributed by atoms with Crippen molar-refractivity contribution in [3.8, 4) is 0 Å². The molecule has 0 spiro atoms. The zero-order valence-electron chi connectivity index (χ0n) is 10.5. The number of carbonyl (C=O) groups excluding carboxylic acids is 1. The van der Waals surface area contributed by atoms with Crippen molar-refractivity contribution in [3.63, 3.8) is 0 Å². The van der Waals surface area contributed by atoms with Crippen molar-refractivity contribution >= 4 is 17.3 Å². The van der Waals surface area contributed by atoms with Crippen LogP contribution in [0.2, 0.25) is 0 Å². The van der Waals surface area contributed by atoms with Gasteiger partial charge < -0.3 is 15.0 Å². The highest BCUT2D eigenvalue weighted by atomic mass is 16.5. The monoisotopic (exact) mass is 234 g/mol. The molecule has 1 aromatic rings. The van der Waals surface area contributed by atoms with Gasteiger partial charge in [-0.1, -0.05) is 6.92 Å². The summed E-state index contributed by atoms with van der Waals surface area (Å²) in [7, 11) is 3.45. The number of esters is 1. The highest BCUT2D eigenvalue weighted by Crippen LogP contribution is 2.29. The van der Waals surface area contributed by atoms with E-state index in [0.717, 1.165) is 24.5 Å². The van der Waals surface area contributed by atoms with Gasteiger partial charge in [0.15, 0.2) is 0 Å². The number of hydrogen-bond donors (Lipinski definition) is 1. The van der Waals surface area contributed by atoms with Gasteiger partial charge in [0.2, 0.25) is 0 Å². The minimum absolute atomic E-state index is 0.293. The first-order valence-corrected chi connectivity index (χ1v) is 5.79. The molecule has 0 amide bonds. The SMILES string of the molecule is COC(=O)c1ccc2c(c1)N(C)CC(C)CN2. The summed E-state index contributed by atoms with van der Waals surface area (Å²) in [5.74, 6) is 0.285. The van der Waals surface area contributed by atoms with Crippen molar-refractivity contribution in [2.24, 2.45) is 5.92 Å². The number of ether oxygens (including phenoxy) is 1. The molecule has 0 saturated carbocycles. The molecule has 1 atom stereocenters. The fourth-order valence-electron chi connectivity index (χ4n) is 2.16. The fourth-order valence-corrected chi connectivity index (χ4v) is 2.16. The molecule has 0 aliphatic carbocycles. The van der Waals surface area contributed by atoms with E-state index in [1.807, 2.05) is 19.2 Å². The molecular weight excluding hydrogens is 216 g/mol. The second-order valence-electron chi connectivity index (χ2n) is 4.59. The average Bonchev–Trinajstić information content (AvgIpc) is 2.48. The lowest BCUT2D eigenvalue weighted by Crippen LogP contribution is -2.24. The first-order valence-electron chi connectivity index (χ1n) is 5.79. The van der Waals surface area contributed by atoms with Crippen LogP contribution in [0.3, 0.4) is 0 Å². The molecule has 0 fully saturated rings. The third-order valence-corrected chi connectivity index (χ3v) is 3.06. The first kappa shape index (κ1) is 11.8. The van der Waals surface area contributed by atoms with Gasteiger partial charge in [-0.2, -0.15) is 0 Å². The molecule has 1 N–H and O–H groups in total. The molecule has 1 aliphatic rings. The average molecular weight is 234 g/mol. The van der Waals surface area contributed by atoms with Crippen LogP contribution < -0.4 is 10.2 Å². The molecule has 0 bridgehead atoms. The zero-order valence-corrected chi connectivity index (χ0v) is 10.5. The van der Waals surface area contributed by atoms with Crippen LogP contribution >= 0.6 is 0 Å². The molecule has 1 heterocycles. The van der Waals surface area contributed by atoms with Crippen LogP contribution in [-0.4, -0.2) is 33.2 Å². The van der Waals surface area contributed by atoms with Crippen LogP contribution in [0.5, 0.6) is 0 Å². The smallest absolute Gasteiger partial charge is 0.337 e. The van der Waals surface area contributed by atoms with Gasteiger partial charge in [-0.3, -0.25) is 0 Å². The van der Waals surface area contributed by atoms with Crippen molar-refractivity contribution < 1.29 is 9.53 Å². The lowest BCUT2D eigenvalue weighted by molar-refractivity contribution is 0.0601. The molecule has 4 heteroatoms. The van der Waals surface area contributed by atoms with Gasteiger partial charge in [-0.25, -0.2) is 4.79 Å². The molecule has 0 saturated heterocycles. The van der Waals surface area contributed by atoms with Gasteiger partial charge in [0, 0.05) is 20.1 Å². The van der Waals surface area contributed by atoms with Crippen LogP contribution in [0, 0.1) is 5.92 Å². The maximum absolute atomic E-state index is 11.5. The minimum atomic E-state index is -0.293. The zero-order chi connectivity index (χ0) is 12.4. The quantitative estimate of drug-likeness (QED) is 0.754. The molecule has 2 rings (SSSR count). The second kappa shape index (κ2) is 4.65. The highest BCUT2D eigenvalue weighted by molar-refractivity contribution is 5.92. The van der Waals surface area contributed by atoms with E-state index in [9.17, 15) is 4.79 Å². The Morgan fingerprint density at radius 2 is 2.29 bits per heavy atom. The maximum Gasteiger partial charge on any atom is 0.337 e. The van der Waals surface area contributed by atoms with Crippen molar-refractivity contribution in [3.05, 3.63) is 23.8 Å². The van der Waals surface area contributed by atoms with Crippen molar-refractivity contribution in [2.45, 2.75) is 6.92 Å². The summed E-state index contributed by atoms with van der Waals surface area (Å²) < 4.78 is 4.74. The van der Waals surface area contributed by atoms with E-state index >= 15 is 0 Å². The maximum atomic E-state index is 11.5. The van der Waals surface area contributed by atoms with Crippen molar-refractivity contribution in [1.29, 1.82) is 0 Å². The van der Waals surface area contributed by atoms with Gasteiger partial charge in [0.05, 0.1) is 24.0 Å². The molecule has 4 nitrogen and oxygen atoms in total. The fraction of sp³-hybridized carbons (Fsp3) is 0.462. The Balaban J connectivity index is 2.37. The van der Waals surface area contributed by atoms with Crippen LogP contribution in [0.1, 0.15) is 17.3 Å². The summed E-state index contributed by atoms with van der Waals surface area (Å²) in [6.07, 6.45) is 0. The number of fused-ring (bicyclic) bond motifs is 1. The lowest BCUT2D eigenvalue weighted by atomic mass is 10.1. The van der Waals surface area contributed by atoms with Gasteiger partial charge in [0.25, 0.3) is 0 Å². The van der Waals surface area contributed by atoms with Crippen LogP contribution in [0.25, 0.3) is 0 Å². The number of rotatable bonds is 1. The number of carbonyl (C=O) groups is 1. The lowest BCUT2D eigenvalue weighted by Gasteiger charge is -2.20. The Labute approximate surface area is 102 Å². The third kappa shape index (κ3) is 2.35. The summed E-state index contributed by atoms with van der Waals surface area (Å²) in [4.78, 5) is 13.7. The topological polar surface area (TPSA) is 41.6 Å². The normalized spacial score (nSPS) is 19.0. The Bertz CT molecular complexity index is 431. The summed E-state index contributed by atoms with van der Waals surface area (Å²) in [6.45, 7) is 4.14. The molecule has 0 radical (unpaired) electrons.